The summed E-state index contributed by atoms with van der Waals surface area (Å²) in [4.78, 5) is 22.5. The van der Waals surface area contributed by atoms with Crippen LogP contribution in [0.3, 0.4) is 0 Å². The first kappa shape index (κ1) is 13.8. The summed E-state index contributed by atoms with van der Waals surface area (Å²) in [7, 11) is 0. The molecule has 0 radical (unpaired) electrons. The molecule has 0 aliphatic heterocycles. The van der Waals surface area contributed by atoms with Crippen molar-refractivity contribution in [1.29, 1.82) is 0 Å². The van der Waals surface area contributed by atoms with E-state index in [2.05, 4.69) is 4.74 Å². The van der Waals surface area contributed by atoms with Crippen molar-refractivity contribution in [2.45, 2.75) is 25.6 Å². The Bertz CT molecular complexity index is 387. The van der Waals surface area contributed by atoms with Crippen molar-refractivity contribution < 1.29 is 24.5 Å². The second-order valence-corrected chi connectivity index (χ2v) is 4.53. The Morgan fingerprint density at radius 3 is 2.76 bits per heavy atom. The van der Waals surface area contributed by atoms with Gasteiger partial charge in [0.05, 0.1) is 24.0 Å². The molecule has 0 fully saturated rings. The fourth-order valence-corrected chi connectivity index (χ4v) is 2.15. The van der Waals surface area contributed by atoms with Crippen molar-refractivity contribution in [2.24, 2.45) is 0 Å². The molecule has 0 saturated carbocycles. The molecule has 2 atom stereocenters. The van der Waals surface area contributed by atoms with E-state index < -0.39 is 18.2 Å². The molecular weight excluding hydrogens is 244 g/mol. The van der Waals surface area contributed by atoms with Crippen LogP contribution in [0.25, 0.3) is 0 Å². The van der Waals surface area contributed by atoms with Crippen LogP contribution in [0.4, 0.5) is 0 Å². The molecule has 5 nitrogen and oxygen atoms in total. The average Bonchev–Trinajstić information content (AvgIpc) is 2.76. The van der Waals surface area contributed by atoms with Gasteiger partial charge in [0.2, 0.25) is 0 Å². The number of aldehydes is 1. The maximum absolute atomic E-state index is 11.1. The van der Waals surface area contributed by atoms with Crippen LogP contribution < -0.4 is 0 Å². The summed E-state index contributed by atoms with van der Waals surface area (Å²) in [6, 6.07) is 3.10. The second-order valence-electron chi connectivity index (χ2n) is 3.38. The first-order valence-corrected chi connectivity index (χ1v) is 5.96. The maximum Gasteiger partial charge on any atom is 0.308 e. The van der Waals surface area contributed by atoms with Gasteiger partial charge in [-0.3, -0.25) is 9.59 Å². The van der Waals surface area contributed by atoms with Crippen molar-refractivity contribution in [1.82, 2.24) is 0 Å². The molecule has 0 aliphatic rings. The van der Waals surface area contributed by atoms with Gasteiger partial charge in [0.15, 0.2) is 6.29 Å². The monoisotopic (exact) mass is 258 g/mol. The minimum atomic E-state index is -1.23. The summed E-state index contributed by atoms with van der Waals surface area (Å²) in [6.45, 7) is 1.90. The zero-order chi connectivity index (χ0) is 12.8. The number of ether oxygens (including phenoxy) is 1. The van der Waals surface area contributed by atoms with Crippen LogP contribution >= 0.6 is 11.3 Å². The lowest BCUT2D eigenvalue weighted by atomic mass is 10.1. The maximum atomic E-state index is 11.1. The average molecular weight is 258 g/mol. The lowest BCUT2D eigenvalue weighted by Gasteiger charge is -2.15. The predicted octanol–water partition coefficient (Wildman–Crippen LogP) is 0.908. The molecule has 1 rings (SSSR count). The fourth-order valence-electron chi connectivity index (χ4n) is 1.28. The van der Waals surface area contributed by atoms with Crippen LogP contribution in [0, 0.1) is 0 Å². The van der Waals surface area contributed by atoms with Gasteiger partial charge in [-0.25, -0.2) is 0 Å². The minimum Gasteiger partial charge on any atom is -0.466 e. The number of hydrogen-bond donors (Lipinski definition) is 2. The largest absolute Gasteiger partial charge is 0.466 e. The van der Waals surface area contributed by atoms with E-state index in [4.69, 9.17) is 0 Å². The number of aliphatic hydroxyl groups excluding tert-OH is 2. The molecule has 0 saturated heterocycles. The van der Waals surface area contributed by atoms with Gasteiger partial charge in [-0.1, -0.05) is 0 Å². The quantitative estimate of drug-likeness (QED) is 0.585. The lowest BCUT2D eigenvalue weighted by Crippen LogP contribution is -2.22. The Morgan fingerprint density at radius 2 is 2.24 bits per heavy atom. The van der Waals surface area contributed by atoms with E-state index >= 15 is 0 Å². The molecule has 0 aromatic carbocycles. The number of rotatable bonds is 6. The first-order valence-electron chi connectivity index (χ1n) is 5.15. The second kappa shape index (κ2) is 6.48. The van der Waals surface area contributed by atoms with Gasteiger partial charge in [-0.15, -0.1) is 11.3 Å². The summed E-state index contributed by atoms with van der Waals surface area (Å²) < 4.78 is 4.66. The van der Waals surface area contributed by atoms with Crippen LogP contribution in [0.2, 0.25) is 0 Å². The number of esters is 1. The van der Waals surface area contributed by atoms with Gasteiger partial charge in [0.1, 0.15) is 6.10 Å². The van der Waals surface area contributed by atoms with Crippen LogP contribution in [0.1, 0.15) is 34.0 Å². The third kappa shape index (κ3) is 3.92. The summed E-state index contributed by atoms with van der Waals surface area (Å²) >= 11 is 1.08. The molecule has 0 aliphatic carbocycles. The highest BCUT2D eigenvalue weighted by Gasteiger charge is 2.23. The Hall–Kier alpha value is -1.24. The lowest BCUT2D eigenvalue weighted by molar-refractivity contribution is -0.147. The molecule has 94 valence electrons. The number of carbonyl (C=O) groups is 2. The SMILES string of the molecule is CCOC(=O)CC(O)C(O)c1ccc(C=O)s1. The first-order chi connectivity index (χ1) is 8.08. The summed E-state index contributed by atoms with van der Waals surface area (Å²) in [5, 5.41) is 19.4. The van der Waals surface area contributed by atoms with E-state index in [1.807, 2.05) is 0 Å². The molecule has 17 heavy (non-hydrogen) atoms. The fraction of sp³-hybridized carbons (Fsp3) is 0.455. The Kier molecular flexibility index (Phi) is 5.27. The molecule has 0 spiro atoms. The number of thiophene rings is 1. The summed E-state index contributed by atoms with van der Waals surface area (Å²) in [5.41, 5.74) is 0. The predicted molar refractivity (Wildman–Crippen MR) is 61.9 cm³/mol. The zero-order valence-corrected chi connectivity index (χ0v) is 10.1. The Balaban J connectivity index is 2.59. The van der Waals surface area contributed by atoms with Crippen molar-refractivity contribution in [3.05, 3.63) is 21.9 Å². The highest BCUT2D eigenvalue weighted by Crippen LogP contribution is 2.26. The van der Waals surface area contributed by atoms with Crippen LogP contribution in [0.15, 0.2) is 12.1 Å². The van der Waals surface area contributed by atoms with Crippen LogP contribution in [-0.2, 0) is 9.53 Å². The normalized spacial score (nSPS) is 14.1. The van der Waals surface area contributed by atoms with Gasteiger partial charge >= 0.3 is 5.97 Å². The number of hydrogen-bond acceptors (Lipinski definition) is 6. The van der Waals surface area contributed by atoms with Crippen molar-refractivity contribution in [3.8, 4) is 0 Å². The highest BCUT2D eigenvalue weighted by molar-refractivity contribution is 7.13. The van der Waals surface area contributed by atoms with Crippen molar-refractivity contribution >= 4 is 23.6 Å². The molecule has 1 heterocycles. The van der Waals surface area contributed by atoms with Gasteiger partial charge < -0.3 is 14.9 Å². The number of aliphatic hydroxyl groups is 2. The van der Waals surface area contributed by atoms with E-state index in [1.165, 1.54) is 0 Å². The van der Waals surface area contributed by atoms with Gasteiger partial charge in [0, 0.05) is 4.88 Å². The van der Waals surface area contributed by atoms with E-state index in [-0.39, 0.29) is 13.0 Å². The molecule has 2 unspecified atom stereocenters. The van der Waals surface area contributed by atoms with E-state index in [0.29, 0.717) is 16.0 Å². The third-order valence-electron chi connectivity index (χ3n) is 2.10. The standard InChI is InChI=1S/C11H14O5S/c1-2-16-10(14)5-8(13)11(15)9-4-3-7(6-12)17-9/h3-4,6,8,11,13,15H,2,5H2,1H3. The zero-order valence-electron chi connectivity index (χ0n) is 9.33. The van der Waals surface area contributed by atoms with Gasteiger partial charge in [-0.05, 0) is 19.1 Å². The highest BCUT2D eigenvalue weighted by atomic mass is 32.1. The summed E-state index contributed by atoms with van der Waals surface area (Å²) in [5.74, 6) is -0.564. The van der Waals surface area contributed by atoms with E-state index in [1.54, 1.807) is 19.1 Å². The van der Waals surface area contributed by atoms with Crippen molar-refractivity contribution in [3.63, 3.8) is 0 Å². The summed E-state index contributed by atoms with van der Waals surface area (Å²) in [6.07, 6.45) is -2.02. The van der Waals surface area contributed by atoms with Crippen molar-refractivity contribution in [2.75, 3.05) is 6.61 Å². The molecule has 2 N–H and O–H groups in total. The Labute approximate surface area is 103 Å². The van der Waals surface area contributed by atoms with E-state index in [9.17, 15) is 19.8 Å². The van der Waals surface area contributed by atoms with Crippen LogP contribution in [-0.4, -0.2) is 35.2 Å². The topological polar surface area (TPSA) is 83.8 Å². The van der Waals surface area contributed by atoms with E-state index in [0.717, 1.165) is 11.3 Å². The molecule has 1 aromatic rings. The molecule has 0 amide bonds. The molecule has 1 aromatic heterocycles. The third-order valence-corrected chi connectivity index (χ3v) is 3.18. The smallest absolute Gasteiger partial charge is 0.308 e. The molecular formula is C11H14O5S. The molecule has 0 bridgehead atoms. The minimum absolute atomic E-state index is 0.232. The number of carbonyl (C=O) groups excluding carboxylic acids is 2. The van der Waals surface area contributed by atoms with Gasteiger partial charge in [0.25, 0.3) is 0 Å². The Morgan fingerprint density at radius 1 is 1.53 bits per heavy atom. The van der Waals surface area contributed by atoms with Crippen LogP contribution in [0.5, 0.6) is 0 Å². The van der Waals surface area contributed by atoms with Gasteiger partial charge in [-0.2, -0.15) is 0 Å². The molecule has 6 heteroatoms.